The van der Waals surface area contributed by atoms with Crippen LogP contribution in [0.2, 0.25) is 0 Å². The van der Waals surface area contributed by atoms with Crippen molar-refractivity contribution in [3.05, 3.63) is 35.9 Å². The maximum absolute atomic E-state index is 5.65. The van der Waals surface area contributed by atoms with E-state index in [2.05, 4.69) is 30.2 Å². The van der Waals surface area contributed by atoms with Gasteiger partial charge >= 0.3 is 0 Å². The second kappa shape index (κ2) is 3.26. The van der Waals surface area contributed by atoms with E-state index in [1.807, 2.05) is 6.07 Å². The maximum Gasteiger partial charge on any atom is 0.0560 e. The van der Waals surface area contributed by atoms with Gasteiger partial charge < -0.3 is 0 Å². The van der Waals surface area contributed by atoms with Crippen LogP contribution in [0.1, 0.15) is 31.2 Å². The first kappa shape index (κ1) is 8.38. The third-order valence-corrected chi connectivity index (χ3v) is 3.06. The molecule has 1 aromatic carbocycles. The number of hydrogen-bond donors (Lipinski definition) is 0. The minimum atomic E-state index is 0.0568. The molecule has 0 atom stereocenters. The molecule has 1 fully saturated rings. The van der Waals surface area contributed by atoms with Crippen LogP contribution in [0.5, 0.6) is 0 Å². The van der Waals surface area contributed by atoms with Crippen LogP contribution < -0.4 is 0 Å². The molecule has 0 spiro atoms. The van der Waals surface area contributed by atoms with Gasteiger partial charge in [0.2, 0.25) is 0 Å². The molecule has 0 aliphatic heterocycles. The predicted molar refractivity (Wildman–Crippen MR) is 55.4 cm³/mol. The van der Waals surface area contributed by atoms with Gasteiger partial charge in [-0.25, -0.2) is 0 Å². The molecule has 0 heterocycles. The quantitative estimate of drug-likeness (QED) is 0.568. The molecule has 0 bridgehead atoms. The van der Waals surface area contributed by atoms with Gasteiger partial charge in [-0.1, -0.05) is 49.1 Å². The third kappa shape index (κ3) is 1.35. The Kier molecular flexibility index (Phi) is 2.10. The summed E-state index contributed by atoms with van der Waals surface area (Å²) in [6, 6.07) is 10.5. The number of rotatable bonds is 1. The fraction of sp³-hybridized carbons (Fsp3) is 0.385. The highest BCUT2D eigenvalue weighted by Crippen LogP contribution is 2.40. The summed E-state index contributed by atoms with van der Waals surface area (Å²) >= 11 is 0. The van der Waals surface area contributed by atoms with Crippen molar-refractivity contribution in [2.45, 2.75) is 31.1 Å². The lowest BCUT2D eigenvalue weighted by atomic mass is 9.80. The molecule has 0 heteroatoms. The average molecular weight is 170 g/mol. The Bertz CT molecular complexity index is 310. The van der Waals surface area contributed by atoms with Gasteiger partial charge in [0.15, 0.2) is 0 Å². The summed E-state index contributed by atoms with van der Waals surface area (Å²) in [6.45, 7) is 0. The van der Waals surface area contributed by atoms with Crippen LogP contribution >= 0.6 is 0 Å². The zero-order valence-corrected chi connectivity index (χ0v) is 7.79. The highest BCUT2D eigenvalue weighted by atomic mass is 14.3. The van der Waals surface area contributed by atoms with E-state index in [1.54, 1.807) is 0 Å². The van der Waals surface area contributed by atoms with E-state index in [1.165, 1.54) is 18.4 Å². The molecule has 1 saturated carbocycles. The van der Waals surface area contributed by atoms with Crippen LogP contribution in [0.15, 0.2) is 30.3 Å². The van der Waals surface area contributed by atoms with Crippen molar-refractivity contribution < 1.29 is 0 Å². The SMILES string of the molecule is C#CC1(c2ccccc2)CCCC1. The van der Waals surface area contributed by atoms with E-state index in [4.69, 9.17) is 6.42 Å². The molecule has 2 rings (SSSR count). The van der Waals surface area contributed by atoms with Crippen LogP contribution in [0.3, 0.4) is 0 Å². The summed E-state index contributed by atoms with van der Waals surface area (Å²) in [5.41, 5.74) is 1.39. The fourth-order valence-electron chi connectivity index (χ4n) is 2.25. The summed E-state index contributed by atoms with van der Waals surface area (Å²) in [5, 5.41) is 0. The Morgan fingerprint density at radius 1 is 1.08 bits per heavy atom. The van der Waals surface area contributed by atoms with Crippen LogP contribution in [0.4, 0.5) is 0 Å². The van der Waals surface area contributed by atoms with Crippen molar-refractivity contribution in [2.75, 3.05) is 0 Å². The Morgan fingerprint density at radius 2 is 1.69 bits per heavy atom. The van der Waals surface area contributed by atoms with Crippen molar-refractivity contribution in [3.8, 4) is 12.3 Å². The van der Waals surface area contributed by atoms with Gasteiger partial charge in [0, 0.05) is 0 Å². The molecule has 0 aromatic heterocycles. The molecular weight excluding hydrogens is 156 g/mol. The number of benzene rings is 1. The normalized spacial score (nSPS) is 19.6. The number of terminal acetylenes is 1. The Morgan fingerprint density at radius 3 is 2.23 bits per heavy atom. The zero-order valence-electron chi connectivity index (χ0n) is 7.79. The summed E-state index contributed by atoms with van der Waals surface area (Å²) in [6.07, 6.45) is 10.5. The molecule has 1 aliphatic carbocycles. The summed E-state index contributed by atoms with van der Waals surface area (Å²) in [5.74, 6) is 2.99. The van der Waals surface area contributed by atoms with Gasteiger partial charge in [0.1, 0.15) is 0 Å². The first-order valence-corrected chi connectivity index (χ1v) is 4.91. The molecule has 0 unspecified atom stereocenters. The number of hydrogen-bond acceptors (Lipinski definition) is 0. The smallest absolute Gasteiger partial charge is 0.0560 e. The second-order valence-electron chi connectivity index (χ2n) is 3.80. The summed E-state index contributed by atoms with van der Waals surface area (Å²) in [7, 11) is 0. The highest BCUT2D eigenvalue weighted by molar-refractivity contribution is 5.35. The molecule has 1 aliphatic rings. The molecule has 0 N–H and O–H groups in total. The zero-order chi connectivity index (χ0) is 9.15. The van der Waals surface area contributed by atoms with Gasteiger partial charge in [-0.3, -0.25) is 0 Å². The minimum absolute atomic E-state index is 0.0568. The van der Waals surface area contributed by atoms with Crippen molar-refractivity contribution in [2.24, 2.45) is 0 Å². The second-order valence-corrected chi connectivity index (χ2v) is 3.80. The topological polar surface area (TPSA) is 0 Å². The monoisotopic (exact) mass is 170 g/mol. The van der Waals surface area contributed by atoms with Crippen molar-refractivity contribution in [1.82, 2.24) is 0 Å². The Hall–Kier alpha value is -1.22. The summed E-state index contributed by atoms with van der Waals surface area (Å²) in [4.78, 5) is 0. The van der Waals surface area contributed by atoms with Gasteiger partial charge in [-0.05, 0) is 18.4 Å². The van der Waals surface area contributed by atoms with Crippen LogP contribution in [0, 0.1) is 12.3 Å². The Labute approximate surface area is 80.0 Å². The fourth-order valence-corrected chi connectivity index (χ4v) is 2.25. The predicted octanol–water partition coefficient (Wildman–Crippen LogP) is 3.13. The van der Waals surface area contributed by atoms with Gasteiger partial charge in [-0.2, -0.15) is 0 Å². The van der Waals surface area contributed by atoms with Crippen molar-refractivity contribution in [3.63, 3.8) is 0 Å². The standard InChI is InChI=1S/C13H14/c1-2-13(10-6-7-11-13)12-8-4-3-5-9-12/h1,3-5,8-9H,6-7,10-11H2. The van der Waals surface area contributed by atoms with Gasteiger partial charge in [0.25, 0.3) is 0 Å². The molecule has 0 saturated heterocycles. The molecule has 66 valence electrons. The van der Waals surface area contributed by atoms with E-state index in [-0.39, 0.29) is 5.41 Å². The van der Waals surface area contributed by atoms with Crippen LogP contribution in [-0.4, -0.2) is 0 Å². The first-order valence-electron chi connectivity index (χ1n) is 4.91. The van der Waals surface area contributed by atoms with Crippen LogP contribution in [0.25, 0.3) is 0 Å². The van der Waals surface area contributed by atoms with Gasteiger partial charge in [0.05, 0.1) is 5.41 Å². The lowest BCUT2D eigenvalue weighted by Crippen LogP contribution is -2.18. The maximum atomic E-state index is 5.65. The highest BCUT2D eigenvalue weighted by Gasteiger charge is 2.33. The third-order valence-electron chi connectivity index (χ3n) is 3.06. The molecular formula is C13H14. The van der Waals surface area contributed by atoms with Crippen LogP contribution in [-0.2, 0) is 5.41 Å². The first-order chi connectivity index (χ1) is 6.37. The Balaban J connectivity index is 2.38. The van der Waals surface area contributed by atoms with Crippen molar-refractivity contribution in [1.29, 1.82) is 0 Å². The van der Waals surface area contributed by atoms with Crippen molar-refractivity contribution >= 4 is 0 Å². The van der Waals surface area contributed by atoms with E-state index < -0.39 is 0 Å². The minimum Gasteiger partial charge on any atom is -0.119 e. The molecule has 0 amide bonds. The summed E-state index contributed by atoms with van der Waals surface area (Å²) < 4.78 is 0. The van der Waals surface area contributed by atoms with Gasteiger partial charge in [-0.15, -0.1) is 6.42 Å². The lowest BCUT2D eigenvalue weighted by Gasteiger charge is -2.22. The molecule has 0 nitrogen and oxygen atoms in total. The molecule has 13 heavy (non-hydrogen) atoms. The van der Waals surface area contributed by atoms with E-state index in [0.29, 0.717) is 0 Å². The van der Waals surface area contributed by atoms with E-state index >= 15 is 0 Å². The van der Waals surface area contributed by atoms with E-state index in [9.17, 15) is 0 Å². The van der Waals surface area contributed by atoms with E-state index in [0.717, 1.165) is 12.8 Å². The lowest BCUT2D eigenvalue weighted by molar-refractivity contribution is 0.582. The largest absolute Gasteiger partial charge is 0.119 e. The molecule has 1 aromatic rings. The molecule has 0 radical (unpaired) electrons. The average Bonchev–Trinajstić information content (AvgIpc) is 2.69.